The highest BCUT2D eigenvalue weighted by Crippen LogP contribution is 2.27. The summed E-state index contributed by atoms with van der Waals surface area (Å²) in [6.07, 6.45) is 4.39. The monoisotopic (exact) mass is 330 g/mol. The van der Waals surface area contributed by atoms with Crippen molar-refractivity contribution < 1.29 is 9.59 Å². The molecule has 1 saturated heterocycles. The Morgan fingerprint density at radius 2 is 2.17 bits per heavy atom. The van der Waals surface area contributed by atoms with Gasteiger partial charge in [0.05, 0.1) is 0 Å². The highest BCUT2D eigenvalue weighted by molar-refractivity contribution is 6.00. The van der Waals surface area contributed by atoms with Gasteiger partial charge >= 0.3 is 6.03 Å². The molecule has 4 N–H and O–H groups in total. The summed E-state index contributed by atoms with van der Waals surface area (Å²) in [5, 5.41) is 5.96. The van der Waals surface area contributed by atoms with E-state index in [-0.39, 0.29) is 18.0 Å². The highest BCUT2D eigenvalue weighted by atomic mass is 16.2. The summed E-state index contributed by atoms with van der Waals surface area (Å²) in [6, 6.07) is 5.59. The zero-order valence-corrected chi connectivity index (χ0v) is 14.2. The maximum atomic E-state index is 12.8. The maximum absolute atomic E-state index is 12.8. The van der Waals surface area contributed by atoms with Crippen LogP contribution in [0.3, 0.4) is 0 Å². The second kappa shape index (κ2) is 7.21. The van der Waals surface area contributed by atoms with Gasteiger partial charge in [0.1, 0.15) is 0 Å². The van der Waals surface area contributed by atoms with E-state index in [1.807, 2.05) is 25.1 Å². The standard InChI is InChI=1S/C18H26N4O2/c1-12-14(6-4-8-16(12)22-10-9-20-18(22)24)17(23)21-15-7-3-2-5-13(15)11-19/h4,6,8,13,15H,2-3,5,7,9-11,19H2,1H3,(H,20,24)(H,21,23). The average molecular weight is 330 g/mol. The lowest BCUT2D eigenvalue weighted by molar-refractivity contribution is 0.0907. The third-order valence-corrected chi connectivity index (χ3v) is 5.23. The molecule has 0 bridgehead atoms. The molecule has 2 fully saturated rings. The van der Waals surface area contributed by atoms with Crippen LogP contribution in [0.2, 0.25) is 0 Å². The van der Waals surface area contributed by atoms with Crippen LogP contribution in [0.15, 0.2) is 18.2 Å². The lowest BCUT2D eigenvalue weighted by atomic mass is 9.84. The van der Waals surface area contributed by atoms with Gasteiger partial charge in [-0.1, -0.05) is 18.9 Å². The number of amides is 3. The largest absolute Gasteiger partial charge is 0.349 e. The van der Waals surface area contributed by atoms with Crippen molar-refractivity contribution in [2.24, 2.45) is 11.7 Å². The minimum Gasteiger partial charge on any atom is -0.349 e. The summed E-state index contributed by atoms with van der Waals surface area (Å²) in [4.78, 5) is 26.4. The number of nitrogens with one attached hydrogen (secondary N) is 2. The first-order valence-electron chi connectivity index (χ1n) is 8.77. The van der Waals surface area contributed by atoms with Crippen LogP contribution in [0.5, 0.6) is 0 Å². The Labute approximate surface area is 142 Å². The van der Waals surface area contributed by atoms with Gasteiger partial charge in [0, 0.05) is 30.4 Å². The predicted molar refractivity (Wildman–Crippen MR) is 94.2 cm³/mol. The van der Waals surface area contributed by atoms with E-state index in [1.165, 1.54) is 6.42 Å². The average Bonchev–Trinajstić information content (AvgIpc) is 3.01. The van der Waals surface area contributed by atoms with E-state index >= 15 is 0 Å². The number of rotatable bonds is 4. The van der Waals surface area contributed by atoms with Crippen LogP contribution in [0.25, 0.3) is 0 Å². The minimum absolute atomic E-state index is 0.0701. The number of nitrogens with two attached hydrogens (primary N) is 1. The number of carbonyl (C=O) groups is 2. The van der Waals surface area contributed by atoms with E-state index in [1.54, 1.807) is 4.90 Å². The van der Waals surface area contributed by atoms with Gasteiger partial charge in [-0.05, 0) is 49.9 Å². The highest BCUT2D eigenvalue weighted by Gasteiger charge is 2.28. The fourth-order valence-corrected chi connectivity index (χ4v) is 3.79. The molecule has 0 radical (unpaired) electrons. The van der Waals surface area contributed by atoms with Crippen LogP contribution in [0.4, 0.5) is 10.5 Å². The van der Waals surface area contributed by atoms with Gasteiger partial charge in [0.2, 0.25) is 0 Å². The molecule has 6 nitrogen and oxygen atoms in total. The Morgan fingerprint density at radius 3 is 2.88 bits per heavy atom. The Bertz CT molecular complexity index is 631. The SMILES string of the molecule is Cc1c(C(=O)NC2CCCCC2CN)cccc1N1CCNC1=O. The first-order valence-corrected chi connectivity index (χ1v) is 8.77. The second-order valence-corrected chi connectivity index (χ2v) is 6.69. The molecule has 1 aromatic rings. The third kappa shape index (κ3) is 3.24. The van der Waals surface area contributed by atoms with E-state index in [4.69, 9.17) is 5.73 Å². The van der Waals surface area contributed by atoms with Crippen LogP contribution in [-0.4, -0.2) is 37.6 Å². The number of carbonyl (C=O) groups excluding carboxylic acids is 2. The van der Waals surface area contributed by atoms with Crippen molar-refractivity contribution >= 4 is 17.6 Å². The zero-order chi connectivity index (χ0) is 17.1. The van der Waals surface area contributed by atoms with E-state index in [0.717, 1.165) is 30.5 Å². The van der Waals surface area contributed by atoms with E-state index in [9.17, 15) is 9.59 Å². The first kappa shape index (κ1) is 16.8. The molecule has 0 spiro atoms. The van der Waals surface area contributed by atoms with Crippen molar-refractivity contribution in [3.63, 3.8) is 0 Å². The molecule has 130 valence electrons. The van der Waals surface area contributed by atoms with Crippen LogP contribution in [-0.2, 0) is 0 Å². The van der Waals surface area contributed by atoms with Crippen molar-refractivity contribution in [2.75, 3.05) is 24.5 Å². The fourth-order valence-electron chi connectivity index (χ4n) is 3.79. The van der Waals surface area contributed by atoms with Crippen molar-refractivity contribution in [3.05, 3.63) is 29.3 Å². The number of nitrogens with zero attached hydrogens (tertiary/aromatic N) is 1. The van der Waals surface area contributed by atoms with Gasteiger partial charge in [-0.2, -0.15) is 0 Å². The molecule has 6 heteroatoms. The zero-order valence-electron chi connectivity index (χ0n) is 14.2. The maximum Gasteiger partial charge on any atom is 0.322 e. The third-order valence-electron chi connectivity index (χ3n) is 5.23. The molecule has 0 aromatic heterocycles. The van der Waals surface area contributed by atoms with Gasteiger partial charge in [-0.15, -0.1) is 0 Å². The van der Waals surface area contributed by atoms with Gasteiger partial charge in [0.25, 0.3) is 5.91 Å². The fraction of sp³-hybridized carbons (Fsp3) is 0.556. The quantitative estimate of drug-likeness (QED) is 0.786. The molecule has 1 aromatic carbocycles. The predicted octanol–water partition coefficient (Wildman–Crippen LogP) is 1.77. The molecule has 2 aliphatic rings. The molecular formula is C18H26N4O2. The van der Waals surface area contributed by atoms with Crippen molar-refractivity contribution in [3.8, 4) is 0 Å². The number of anilines is 1. The van der Waals surface area contributed by atoms with Crippen molar-refractivity contribution in [2.45, 2.75) is 38.6 Å². The molecule has 2 unspecified atom stereocenters. The second-order valence-electron chi connectivity index (χ2n) is 6.69. The van der Waals surface area contributed by atoms with Crippen LogP contribution >= 0.6 is 0 Å². The molecule has 2 atom stereocenters. The van der Waals surface area contributed by atoms with Gasteiger partial charge in [-0.25, -0.2) is 4.79 Å². The minimum atomic E-state index is -0.105. The van der Waals surface area contributed by atoms with Gasteiger partial charge < -0.3 is 16.4 Å². The first-order chi connectivity index (χ1) is 11.6. The smallest absolute Gasteiger partial charge is 0.322 e. The van der Waals surface area contributed by atoms with Crippen LogP contribution in [0, 0.1) is 12.8 Å². The normalized spacial score (nSPS) is 23.9. The molecular weight excluding hydrogens is 304 g/mol. The molecule has 3 amide bonds. The lowest BCUT2D eigenvalue weighted by Crippen LogP contribution is -2.45. The van der Waals surface area contributed by atoms with E-state index in [2.05, 4.69) is 10.6 Å². The summed E-state index contributed by atoms with van der Waals surface area (Å²) in [7, 11) is 0. The summed E-state index contributed by atoms with van der Waals surface area (Å²) >= 11 is 0. The number of hydrogen-bond donors (Lipinski definition) is 3. The summed E-state index contributed by atoms with van der Waals surface area (Å²) in [6.45, 7) is 3.77. The van der Waals surface area contributed by atoms with Crippen molar-refractivity contribution in [1.82, 2.24) is 10.6 Å². The molecule has 24 heavy (non-hydrogen) atoms. The summed E-state index contributed by atoms with van der Waals surface area (Å²) in [5.74, 6) is 0.287. The Kier molecular flexibility index (Phi) is 5.04. The van der Waals surface area contributed by atoms with Gasteiger partial charge in [-0.3, -0.25) is 9.69 Å². The van der Waals surface area contributed by atoms with Gasteiger partial charge in [0.15, 0.2) is 0 Å². The molecule has 1 aliphatic heterocycles. The molecule has 3 rings (SSSR count). The number of urea groups is 1. The van der Waals surface area contributed by atoms with Crippen LogP contribution < -0.4 is 21.3 Å². The van der Waals surface area contributed by atoms with E-state index in [0.29, 0.717) is 31.1 Å². The lowest BCUT2D eigenvalue weighted by Gasteiger charge is -2.31. The Balaban J connectivity index is 1.78. The summed E-state index contributed by atoms with van der Waals surface area (Å²) in [5.41, 5.74) is 8.13. The molecule has 1 heterocycles. The molecule has 1 aliphatic carbocycles. The van der Waals surface area contributed by atoms with Crippen LogP contribution in [0.1, 0.15) is 41.6 Å². The Hall–Kier alpha value is -2.08. The number of hydrogen-bond acceptors (Lipinski definition) is 3. The Morgan fingerprint density at radius 1 is 1.38 bits per heavy atom. The number of benzene rings is 1. The molecule has 1 saturated carbocycles. The summed E-state index contributed by atoms with van der Waals surface area (Å²) < 4.78 is 0. The van der Waals surface area contributed by atoms with E-state index < -0.39 is 0 Å². The van der Waals surface area contributed by atoms with Crippen molar-refractivity contribution in [1.29, 1.82) is 0 Å². The topological polar surface area (TPSA) is 87.5 Å².